The van der Waals surface area contributed by atoms with Gasteiger partial charge >= 0.3 is 6.03 Å². The Morgan fingerprint density at radius 3 is 2.60 bits per heavy atom. The monoisotopic (exact) mass is 357 g/mol. The van der Waals surface area contributed by atoms with E-state index < -0.39 is 0 Å². The number of benzene rings is 2. The Bertz CT molecular complexity index is 805. The molecule has 1 atom stereocenters. The summed E-state index contributed by atoms with van der Waals surface area (Å²) in [7, 11) is 0. The molecule has 1 aliphatic heterocycles. The van der Waals surface area contributed by atoms with Gasteiger partial charge < -0.3 is 15.5 Å². The lowest BCUT2D eigenvalue weighted by molar-refractivity contribution is -0.117. The number of carbonyl (C=O) groups is 2. The molecular weight excluding hydrogens is 338 g/mol. The predicted molar refractivity (Wildman–Crippen MR) is 100 cm³/mol. The minimum atomic E-state index is -0.301. The first-order valence-corrected chi connectivity index (χ1v) is 8.51. The lowest BCUT2D eigenvalue weighted by Crippen LogP contribution is -2.39. The quantitative estimate of drug-likeness (QED) is 0.875. The zero-order valence-corrected chi connectivity index (χ0v) is 14.9. The van der Waals surface area contributed by atoms with Gasteiger partial charge in [0.05, 0.1) is 6.04 Å². The molecule has 1 saturated heterocycles. The number of hydrogen-bond donors (Lipinski definition) is 2. The molecule has 0 bridgehead atoms. The number of aryl methyl sites for hydroxylation is 1. The summed E-state index contributed by atoms with van der Waals surface area (Å²) in [6.07, 6.45) is 0.281. The number of carbonyl (C=O) groups excluding carboxylic acids is 2. The Morgan fingerprint density at radius 1 is 1.16 bits per heavy atom. The van der Waals surface area contributed by atoms with E-state index in [1.807, 2.05) is 32.0 Å². The first-order chi connectivity index (χ1) is 11.9. The maximum absolute atomic E-state index is 12.3. The van der Waals surface area contributed by atoms with Crippen molar-refractivity contribution in [3.8, 4) is 0 Å². The smallest absolute Gasteiger partial charge is 0.319 e. The first-order valence-electron chi connectivity index (χ1n) is 8.13. The number of nitrogens with one attached hydrogen (secondary N) is 2. The van der Waals surface area contributed by atoms with E-state index in [4.69, 9.17) is 11.6 Å². The number of halogens is 1. The molecule has 2 aromatic carbocycles. The van der Waals surface area contributed by atoms with Crippen LogP contribution >= 0.6 is 11.6 Å². The highest BCUT2D eigenvalue weighted by Gasteiger charge is 2.31. The molecule has 1 fully saturated rings. The lowest BCUT2D eigenvalue weighted by atomic mass is 10.1. The Labute approximate surface area is 152 Å². The average Bonchev–Trinajstić information content (AvgIpc) is 2.93. The second kappa shape index (κ2) is 7.15. The third kappa shape index (κ3) is 3.94. The van der Waals surface area contributed by atoms with Gasteiger partial charge in [-0.3, -0.25) is 4.79 Å². The number of hydrogen-bond acceptors (Lipinski definition) is 2. The molecule has 130 valence electrons. The summed E-state index contributed by atoms with van der Waals surface area (Å²) in [6, 6.07) is 12.3. The van der Waals surface area contributed by atoms with E-state index in [0.29, 0.717) is 11.6 Å². The second-order valence-electron chi connectivity index (χ2n) is 6.23. The molecule has 0 radical (unpaired) electrons. The highest BCUT2D eigenvalue weighted by molar-refractivity contribution is 6.30. The molecule has 3 amide bonds. The molecule has 6 heteroatoms. The van der Waals surface area contributed by atoms with E-state index in [9.17, 15) is 9.59 Å². The van der Waals surface area contributed by atoms with Crippen LogP contribution in [0.2, 0.25) is 5.02 Å². The third-order valence-electron chi connectivity index (χ3n) is 4.45. The average molecular weight is 358 g/mol. The van der Waals surface area contributed by atoms with E-state index in [1.54, 1.807) is 29.2 Å². The molecule has 0 spiro atoms. The molecule has 2 N–H and O–H groups in total. The van der Waals surface area contributed by atoms with E-state index in [2.05, 4.69) is 10.6 Å². The minimum Gasteiger partial charge on any atom is -0.333 e. The summed E-state index contributed by atoms with van der Waals surface area (Å²) in [5.74, 6) is -0.0145. The van der Waals surface area contributed by atoms with Crippen LogP contribution in [-0.2, 0) is 4.79 Å². The fourth-order valence-electron chi connectivity index (χ4n) is 2.91. The van der Waals surface area contributed by atoms with Crippen molar-refractivity contribution >= 4 is 34.9 Å². The second-order valence-corrected chi connectivity index (χ2v) is 6.66. The molecule has 0 aromatic heterocycles. The van der Waals surface area contributed by atoms with Crippen LogP contribution in [0.1, 0.15) is 17.5 Å². The van der Waals surface area contributed by atoms with E-state index in [0.717, 1.165) is 22.5 Å². The Morgan fingerprint density at radius 2 is 1.88 bits per heavy atom. The molecule has 5 nitrogen and oxygen atoms in total. The largest absolute Gasteiger partial charge is 0.333 e. The minimum absolute atomic E-state index is 0.0145. The third-order valence-corrected chi connectivity index (χ3v) is 4.70. The van der Waals surface area contributed by atoms with Gasteiger partial charge in [-0.2, -0.15) is 0 Å². The summed E-state index contributed by atoms with van der Waals surface area (Å²) < 4.78 is 0. The molecule has 0 saturated carbocycles. The van der Waals surface area contributed by atoms with Crippen molar-refractivity contribution in [3.63, 3.8) is 0 Å². The van der Waals surface area contributed by atoms with Crippen LogP contribution in [0.25, 0.3) is 0 Å². The maximum Gasteiger partial charge on any atom is 0.319 e. The van der Waals surface area contributed by atoms with Crippen LogP contribution in [0, 0.1) is 13.8 Å². The SMILES string of the molecule is Cc1cccc(NC(=O)N[C@@H]2CC(=O)N(c3ccc(Cl)cc3)C2)c1C. The van der Waals surface area contributed by atoms with E-state index >= 15 is 0 Å². The van der Waals surface area contributed by atoms with Gasteiger partial charge in [0.15, 0.2) is 0 Å². The molecule has 25 heavy (non-hydrogen) atoms. The molecule has 3 rings (SSSR count). The number of urea groups is 1. The molecule has 2 aromatic rings. The number of nitrogens with zero attached hydrogens (tertiary/aromatic N) is 1. The van der Waals surface area contributed by atoms with Crippen LogP contribution in [0.15, 0.2) is 42.5 Å². The molecule has 0 aliphatic carbocycles. The van der Waals surface area contributed by atoms with Gasteiger partial charge in [-0.05, 0) is 55.3 Å². The van der Waals surface area contributed by atoms with E-state index in [1.165, 1.54) is 0 Å². The standard InChI is InChI=1S/C19H20ClN3O2/c1-12-4-3-5-17(13(12)2)22-19(25)21-15-10-18(24)23(11-15)16-8-6-14(20)7-9-16/h3-9,15H,10-11H2,1-2H3,(H2,21,22,25)/t15-/m1/s1. The topological polar surface area (TPSA) is 61.4 Å². The van der Waals surface area contributed by atoms with Crippen molar-refractivity contribution in [3.05, 3.63) is 58.6 Å². The Kier molecular flexibility index (Phi) is 4.95. The molecular formula is C19H20ClN3O2. The number of amides is 3. The normalized spacial score (nSPS) is 16.8. The highest BCUT2D eigenvalue weighted by Crippen LogP contribution is 2.23. The molecule has 0 unspecified atom stereocenters. The summed E-state index contributed by atoms with van der Waals surface area (Å²) in [4.78, 5) is 26.2. The lowest BCUT2D eigenvalue weighted by Gasteiger charge is -2.18. The van der Waals surface area contributed by atoms with Gasteiger partial charge in [-0.15, -0.1) is 0 Å². The summed E-state index contributed by atoms with van der Waals surface area (Å²) in [5, 5.41) is 6.36. The first kappa shape index (κ1) is 17.3. The molecule has 1 aliphatic rings. The van der Waals surface area contributed by atoms with Crippen LogP contribution in [0.4, 0.5) is 16.2 Å². The number of anilines is 2. The van der Waals surface area contributed by atoms with Gasteiger partial charge in [-0.25, -0.2) is 4.79 Å². The van der Waals surface area contributed by atoms with Gasteiger partial charge in [0, 0.05) is 29.4 Å². The predicted octanol–water partition coefficient (Wildman–Crippen LogP) is 3.88. The van der Waals surface area contributed by atoms with Gasteiger partial charge in [0.25, 0.3) is 0 Å². The van der Waals surface area contributed by atoms with Gasteiger partial charge in [0.2, 0.25) is 5.91 Å². The van der Waals surface area contributed by atoms with Crippen molar-refractivity contribution in [2.45, 2.75) is 26.3 Å². The zero-order chi connectivity index (χ0) is 18.0. The van der Waals surface area contributed by atoms with Crippen LogP contribution in [-0.4, -0.2) is 24.5 Å². The van der Waals surface area contributed by atoms with E-state index in [-0.39, 0.29) is 24.4 Å². The highest BCUT2D eigenvalue weighted by atomic mass is 35.5. The Hall–Kier alpha value is -2.53. The van der Waals surface area contributed by atoms with Gasteiger partial charge in [0.1, 0.15) is 0 Å². The fourth-order valence-corrected chi connectivity index (χ4v) is 3.03. The van der Waals surface area contributed by atoms with Crippen molar-refractivity contribution in [1.29, 1.82) is 0 Å². The summed E-state index contributed by atoms with van der Waals surface area (Å²) >= 11 is 5.88. The zero-order valence-electron chi connectivity index (χ0n) is 14.2. The van der Waals surface area contributed by atoms with Crippen molar-refractivity contribution in [1.82, 2.24) is 5.32 Å². The van der Waals surface area contributed by atoms with Crippen molar-refractivity contribution in [2.24, 2.45) is 0 Å². The van der Waals surface area contributed by atoms with Crippen LogP contribution in [0.5, 0.6) is 0 Å². The fraction of sp³-hybridized carbons (Fsp3) is 0.263. The molecule has 1 heterocycles. The van der Waals surface area contributed by atoms with Crippen LogP contribution in [0.3, 0.4) is 0 Å². The van der Waals surface area contributed by atoms with Crippen LogP contribution < -0.4 is 15.5 Å². The van der Waals surface area contributed by atoms with Crippen molar-refractivity contribution < 1.29 is 9.59 Å². The maximum atomic E-state index is 12.3. The summed E-state index contributed by atoms with van der Waals surface area (Å²) in [6.45, 7) is 4.41. The summed E-state index contributed by atoms with van der Waals surface area (Å²) in [5.41, 5.74) is 3.70. The number of rotatable bonds is 3. The Balaban J connectivity index is 1.62. The van der Waals surface area contributed by atoms with Gasteiger partial charge in [-0.1, -0.05) is 23.7 Å². The van der Waals surface area contributed by atoms with Crippen molar-refractivity contribution in [2.75, 3.05) is 16.8 Å².